The lowest BCUT2D eigenvalue weighted by Gasteiger charge is -2.31. The molecule has 0 unspecified atom stereocenters. The van der Waals surface area contributed by atoms with Crippen LogP contribution in [0.2, 0.25) is 0 Å². The van der Waals surface area contributed by atoms with Crippen LogP contribution in [0, 0.1) is 0 Å². The zero-order chi connectivity index (χ0) is 17.3. The Balaban J connectivity index is 5.07. The Morgan fingerprint density at radius 3 is 2.14 bits per heavy atom. The second kappa shape index (κ2) is 10.3. The molecule has 2 atom stereocenters. The Labute approximate surface area is 139 Å². The van der Waals surface area contributed by atoms with Gasteiger partial charge in [-0.15, -0.1) is 0 Å². The SMILES string of the molecule is CCN(C(=O)[C@H](CS)NC(C)=O)[C@@H](CS)C(=O)NCC(=O)O. The van der Waals surface area contributed by atoms with Crippen LogP contribution in [0.25, 0.3) is 0 Å². The first-order valence-corrected chi connectivity index (χ1v) is 7.83. The van der Waals surface area contributed by atoms with Crippen LogP contribution in [0.15, 0.2) is 0 Å². The number of nitrogens with zero attached hydrogens (tertiary/aromatic N) is 1. The standard InChI is InChI=1S/C12H21N3O5S2/c1-3-15(12(20)8(5-21)14-7(2)16)9(6-22)11(19)13-4-10(17)18/h8-9,21-22H,3-6H2,1-2H3,(H,13,19)(H,14,16)(H,17,18)/t8-,9-/m0/s1. The summed E-state index contributed by atoms with van der Waals surface area (Å²) in [5.74, 6) is -2.58. The fourth-order valence-electron chi connectivity index (χ4n) is 1.76. The van der Waals surface area contributed by atoms with Crippen LogP contribution >= 0.6 is 25.3 Å². The summed E-state index contributed by atoms with van der Waals surface area (Å²) >= 11 is 8.07. The maximum Gasteiger partial charge on any atom is 0.322 e. The Morgan fingerprint density at radius 2 is 1.77 bits per heavy atom. The summed E-state index contributed by atoms with van der Waals surface area (Å²) in [6.07, 6.45) is 0. The van der Waals surface area contributed by atoms with Gasteiger partial charge < -0.3 is 20.6 Å². The van der Waals surface area contributed by atoms with Crippen LogP contribution in [0.3, 0.4) is 0 Å². The van der Waals surface area contributed by atoms with E-state index in [1.165, 1.54) is 11.8 Å². The van der Waals surface area contributed by atoms with Crippen molar-refractivity contribution < 1.29 is 24.3 Å². The second-order valence-electron chi connectivity index (χ2n) is 4.37. The van der Waals surface area contributed by atoms with E-state index in [1.807, 2.05) is 0 Å². The van der Waals surface area contributed by atoms with E-state index in [4.69, 9.17) is 5.11 Å². The minimum atomic E-state index is -1.19. The first kappa shape index (κ1) is 20.6. The smallest absolute Gasteiger partial charge is 0.322 e. The van der Waals surface area contributed by atoms with E-state index in [0.717, 1.165) is 0 Å². The molecule has 0 saturated carbocycles. The Morgan fingerprint density at radius 1 is 1.18 bits per heavy atom. The number of carboxylic acids is 1. The van der Waals surface area contributed by atoms with Crippen LogP contribution in [0.1, 0.15) is 13.8 Å². The molecule has 0 aliphatic heterocycles. The predicted molar refractivity (Wildman–Crippen MR) is 87.1 cm³/mol. The van der Waals surface area contributed by atoms with Crippen LogP contribution in [0.4, 0.5) is 0 Å². The van der Waals surface area contributed by atoms with Crippen molar-refractivity contribution in [3.63, 3.8) is 0 Å². The quantitative estimate of drug-likeness (QED) is 0.334. The number of aliphatic carboxylic acids is 1. The van der Waals surface area contributed by atoms with Crippen LogP contribution < -0.4 is 10.6 Å². The number of hydrogen-bond donors (Lipinski definition) is 5. The number of hydrogen-bond acceptors (Lipinski definition) is 6. The summed E-state index contributed by atoms with van der Waals surface area (Å²) in [5.41, 5.74) is 0. The summed E-state index contributed by atoms with van der Waals surface area (Å²) in [7, 11) is 0. The molecule has 3 N–H and O–H groups in total. The van der Waals surface area contributed by atoms with E-state index in [1.54, 1.807) is 6.92 Å². The van der Waals surface area contributed by atoms with Crippen molar-refractivity contribution in [2.75, 3.05) is 24.6 Å². The van der Waals surface area contributed by atoms with Gasteiger partial charge in [-0.3, -0.25) is 19.2 Å². The number of carbonyl (C=O) groups is 4. The van der Waals surface area contributed by atoms with Crippen molar-refractivity contribution in [1.29, 1.82) is 0 Å². The molecular formula is C12H21N3O5S2. The van der Waals surface area contributed by atoms with Gasteiger partial charge in [0.05, 0.1) is 0 Å². The third-order valence-electron chi connectivity index (χ3n) is 2.75. The normalized spacial score (nSPS) is 12.9. The van der Waals surface area contributed by atoms with Crippen molar-refractivity contribution in [3.05, 3.63) is 0 Å². The predicted octanol–water partition coefficient (Wildman–Crippen LogP) is -1.23. The van der Waals surface area contributed by atoms with Gasteiger partial charge >= 0.3 is 5.97 Å². The molecule has 0 spiro atoms. The van der Waals surface area contributed by atoms with E-state index in [-0.39, 0.29) is 24.0 Å². The molecule has 0 heterocycles. The van der Waals surface area contributed by atoms with Gasteiger partial charge in [-0.2, -0.15) is 25.3 Å². The second-order valence-corrected chi connectivity index (χ2v) is 5.10. The summed E-state index contributed by atoms with van der Waals surface area (Å²) in [5, 5.41) is 13.2. The fraction of sp³-hybridized carbons (Fsp3) is 0.667. The number of thiol groups is 2. The fourth-order valence-corrected chi connectivity index (χ4v) is 2.37. The maximum atomic E-state index is 12.4. The van der Waals surface area contributed by atoms with E-state index in [9.17, 15) is 19.2 Å². The van der Waals surface area contributed by atoms with Gasteiger partial charge in [-0.25, -0.2) is 0 Å². The summed E-state index contributed by atoms with van der Waals surface area (Å²) < 4.78 is 0. The highest BCUT2D eigenvalue weighted by molar-refractivity contribution is 7.80. The number of rotatable bonds is 9. The number of nitrogens with one attached hydrogen (secondary N) is 2. The molecule has 0 aromatic heterocycles. The van der Waals surface area contributed by atoms with Crippen LogP contribution in [0.5, 0.6) is 0 Å². The summed E-state index contributed by atoms with van der Waals surface area (Å²) in [4.78, 5) is 47.2. The highest BCUT2D eigenvalue weighted by Crippen LogP contribution is 2.07. The van der Waals surface area contributed by atoms with Gasteiger partial charge in [0.1, 0.15) is 18.6 Å². The van der Waals surface area contributed by atoms with Crippen molar-refractivity contribution >= 4 is 48.9 Å². The van der Waals surface area contributed by atoms with Gasteiger partial charge in [-0.1, -0.05) is 0 Å². The monoisotopic (exact) mass is 351 g/mol. The lowest BCUT2D eigenvalue weighted by molar-refractivity contribution is -0.143. The summed E-state index contributed by atoms with van der Waals surface area (Å²) in [6.45, 7) is 2.60. The van der Waals surface area contributed by atoms with E-state index in [0.29, 0.717) is 0 Å². The summed E-state index contributed by atoms with van der Waals surface area (Å²) in [6, 6.07) is -1.80. The number of amides is 3. The molecule has 22 heavy (non-hydrogen) atoms. The zero-order valence-corrected chi connectivity index (χ0v) is 14.2. The minimum Gasteiger partial charge on any atom is -0.480 e. The van der Waals surface area contributed by atoms with Crippen LogP contribution in [-0.4, -0.2) is 70.4 Å². The van der Waals surface area contributed by atoms with Crippen molar-refractivity contribution in [3.8, 4) is 0 Å². The van der Waals surface area contributed by atoms with Crippen molar-refractivity contribution in [2.24, 2.45) is 0 Å². The molecule has 3 amide bonds. The minimum absolute atomic E-state index is 0.0182. The van der Waals surface area contributed by atoms with Gasteiger partial charge in [0.25, 0.3) is 0 Å². The molecule has 0 aliphatic carbocycles. The Hall–Kier alpha value is -1.42. The maximum absolute atomic E-state index is 12.4. The first-order valence-electron chi connectivity index (χ1n) is 6.57. The number of carbonyl (C=O) groups excluding carboxylic acids is 3. The molecule has 0 rings (SSSR count). The number of likely N-dealkylation sites (N-methyl/N-ethyl adjacent to an activating group) is 1. The molecule has 8 nitrogen and oxygen atoms in total. The number of carboxylic acid groups (broad SMARTS) is 1. The third kappa shape index (κ3) is 6.56. The Kier molecular flexibility index (Phi) is 9.66. The highest BCUT2D eigenvalue weighted by atomic mass is 32.1. The average molecular weight is 351 g/mol. The molecule has 10 heteroatoms. The third-order valence-corrected chi connectivity index (χ3v) is 3.46. The molecule has 0 aromatic carbocycles. The molecule has 126 valence electrons. The van der Waals surface area contributed by atoms with E-state index >= 15 is 0 Å². The van der Waals surface area contributed by atoms with Crippen molar-refractivity contribution in [2.45, 2.75) is 25.9 Å². The molecule has 0 saturated heterocycles. The van der Waals surface area contributed by atoms with Crippen molar-refractivity contribution in [1.82, 2.24) is 15.5 Å². The zero-order valence-electron chi connectivity index (χ0n) is 12.4. The molecule has 0 radical (unpaired) electrons. The molecule has 0 bridgehead atoms. The van der Waals surface area contributed by atoms with Gasteiger partial charge in [0.15, 0.2) is 0 Å². The van der Waals surface area contributed by atoms with E-state index < -0.39 is 36.4 Å². The highest BCUT2D eigenvalue weighted by Gasteiger charge is 2.32. The lowest BCUT2D eigenvalue weighted by Crippen LogP contribution is -2.57. The molecular weight excluding hydrogens is 330 g/mol. The molecule has 0 aromatic rings. The first-order chi connectivity index (χ1) is 10.3. The van der Waals surface area contributed by atoms with Crippen LogP contribution in [-0.2, 0) is 19.2 Å². The van der Waals surface area contributed by atoms with Gasteiger partial charge in [-0.05, 0) is 6.92 Å². The van der Waals surface area contributed by atoms with Gasteiger partial charge in [0, 0.05) is 25.0 Å². The topological polar surface area (TPSA) is 116 Å². The van der Waals surface area contributed by atoms with Gasteiger partial charge in [0.2, 0.25) is 17.7 Å². The Bertz CT molecular complexity index is 433. The molecule has 0 aliphatic rings. The largest absolute Gasteiger partial charge is 0.480 e. The molecule has 0 fully saturated rings. The average Bonchev–Trinajstić information content (AvgIpc) is 2.46. The lowest BCUT2D eigenvalue weighted by atomic mass is 10.2. The van der Waals surface area contributed by atoms with E-state index in [2.05, 4.69) is 35.9 Å².